The van der Waals surface area contributed by atoms with Gasteiger partial charge in [-0.15, -0.1) is 0 Å². The van der Waals surface area contributed by atoms with Crippen molar-refractivity contribution in [3.8, 4) is 23.0 Å². The fourth-order valence-corrected chi connectivity index (χ4v) is 3.59. The van der Waals surface area contributed by atoms with Gasteiger partial charge < -0.3 is 25.0 Å². The topological polar surface area (TPSA) is 101 Å². The van der Waals surface area contributed by atoms with E-state index in [1.165, 1.54) is 5.56 Å². The number of carbonyl (C=O) groups is 1. The molecule has 0 aliphatic carbocycles. The van der Waals surface area contributed by atoms with E-state index in [4.69, 9.17) is 14.5 Å². The van der Waals surface area contributed by atoms with Crippen LogP contribution in [0.2, 0.25) is 0 Å². The predicted molar refractivity (Wildman–Crippen MR) is 141 cm³/mol. The fourth-order valence-electron chi connectivity index (χ4n) is 3.59. The summed E-state index contributed by atoms with van der Waals surface area (Å²) in [6.45, 7) is 5.72. The summed E-state index contributed by atoms with van der Waals surface area (Å²) >= 11 is 0. The summed E-state index contributed by atoms with van der Waals surface area (Å²) in [5, 5.41) is 6.18. The second-order valence-electron chi connectivity index (χ2n) is 9.11. The van der Waals surface area contributed by atoms with Crippen LogP contribution in [-0.2, 0) is 11.3 Å². The Morgan fingerprint density at radius 1 is 1.08 bits per heavy atom. The van der Waals surface area contributed by atoms with Gasteiger partial charge in [-0.05, 0) is 63.3 Å². The van der Waals surface area contributed by atoms with Crippen molar-refractivity contribution in [1.82, 2.24) is 20.2 Å². The molecule has 0 unspecified atom stereocenters. The number of amides is 1. The second kappa shape index (κ2) is 11.6. The number of ether oxygens (including phenoxy) is 2. The highest BCUT2D eigenvalue weighted by Gasteiger charge is 2.12. The first-order valence-corrected chi connectivity index (χ1v) is 11.9. The zero-order valence-corrected chi connectivity index (χ0v) is 21.1. The van der Waals surface area contributed by atoms with Crippen molar-refractivity contribution in [3.05, 3.63) is 59.7 Å². The lowest BCUT2D eigenvalue weighted by Gasteiger charge is -2.14. The summed E-state index contributed by atoms with van der Waals surface area (Å²) in [4.78, 5) is 27.7. The first kappa shape index (κ1) is 25.1. The zero-order chi connectivity index (χ0) is 25.5. The number of hydrogen-bond donors (Lipinski definition) is 2. The molecule has 2 N–H and O–H groups in total. The third kappa shape index (κ3) is 7.02. The van der Waals surface area contributed by atoms with Crippen LogP contribution in [0.15, 0.2) is 53.5 Å². The minimum atomic E-state index is -0.172. The molecular weight excluding hydrogens is 456 g/mol. The molecule has 0 atom stereocenters. The minimum Gasteiger partial charge on any atom is -0.484 e. The fraction of sp³-hybridized carbons (Fsp3) is 0.333. The SMILES string of the molecule is CC(C)NC(=O)COc1cccc(-c2nc(Nc3ccc4c(c3)C=NC4)cc(OCCN(C)C)n2)c1. The van der Waals surface area contributed by atoms with E-state index >= 15 is 0 Å². The molecule has 0 spiro atoms. The van der Waals surface area contributed by atoms with Gasteiger partial charge in [0.1, 0.15) is 18.2 Å². The van der Waals surface area contributed by atoms with Crippen molar-refractivity contribution in [2.75, 3.05) is 39.2 Å². The molecule has 0 fully saturated rings. The van der Waals surface area contributed by atoms with Crippen molar-refractivity contribution >= 4 is 23.6 Å². The van der Waals surface area contributed by atoms with E-state index in [0.29, 0.717) is 36.4 Å². The summed E-state index contributed by atoms with van der Waals surface area (Å²) in [7, 11) is 3.98. The number of likely N-dealkylation sites (N-methyl/N-ethyl adjacent to an activating group) is 1. The van der Waals surface area contributed by atoms with E-state index in [0.717, 1.165) is 23.4 Å². The van der Waals surface area contributed by atoms with Crippen molar-refractivity contribution in [1.29, 1.82) is 0 Å². The molecule has 1 aromatic heterocycles. The van der Waals surface area contributed by atoms with Gasteiger partial charge in [-0.2, -0.15) is 4.98 Å². The number of carbonyl (C=O) groups excluding carboxylic acids is 1. The number of nitrogens with zero attached hydrogens (tertiary/aromatic N) is 4. The summed E-state index contributed by atoms with van der Waals surface area (Å²) in [6.07, 6.45) is 1.88. The molecule has 9 nitrogen and oxygen atoms in total. The van der Waals surface area contributed by atoms with Crippen molar-refractivity contribution in [2.24, 2.45) is 4.99 Å². The van der Waals surface area contributed by atoms with Crippen molar-refractivity contribution in [2.45, 2.75) is 26.4 Å². The largest absolute Gasteiger partial charge is 0.484 e. The Bertz CT molecular complexity index is 1240. The molecule has 2 aromatic carbocycles. The molecule has 0 saturated carbocycles. The highest BCUT2D eigenvalue weighted by molar-refractivity contribution is 5.86. The van der Waals surface area contributed by atoms with E-state index in [1.807, 2.05) is 63.3 Å². The summed E-state index contributed by atoms with van der Waals surface area (Å²) in [6, 6.07) is 15.3. The number of benzene rings is 2. The Morgan fingerprint density at radius 2 is 1.94 bits per heavy atom. The molecule has 1 aliphatic rings. The number of aromatic nitrogens is 2. The van der Waals surface area contributed by atoms with Crippen LogP contribution < -0.4 is 20.1 Å². The van der Waals surface area contributed by atoms with Crippen LogP contribution in [0, 0.1) is 0 Å². The van der Waals surface area contributed by atoms with Crippen LogP contribution in [-0.4, -0.2) is 66.9 Å². The molecule has 36 heavy (non-hydrogen) atoms. The van der Waals surface area contributed by atoms with Gasteiger partial charge in [0.2, 0.25) is 5.88 Å². The second-order valence-corrected chi connectivity index (χ2v) is 9.11. The van der Waals surface area contributed by atoms with Crippen molar-refractivity contribution < 1.29 is 14.3 Å². The number of aliphatic imine (C=N–C) groups is 1. The average Bonchev–Trinajstić information content (AvgIpc) is 3.30. The van der Waals surface area contributed by atoms with E-state index in [9.17, 15) is 4.79 Å². The van der Waals surface area contributed by atoms with E-state index < -0.39 is 0 Å². The number of fused-ring (bicyclic) bond motifs is 1. The Hall–Kier alpha value is -3.98. The molecule has 1 aliphatic heterocycles. The van der Waals surface area contributed by atoms with Crippen LogP contribution in [0.4, 0.5) is 11.5 Å². The summed E-state index contributed by atoms with van der Waals surface area (Å²) in [5.74, 6) is 1.95. The Balaban J connectivity index is 1.57. The Labute approximate surface area is 211 Å². The van der Waals surface area contributed by atoms with E-state index in [-0.39, 0.29) is 18.6 Å². The normalized spacial score (nSPS) is 12.1. The molecule has 2 heterocycles. The third-order valence-electron chi connectivity index (χ3n) is 5.31. The molecule has 0 saturated heterocycles. The monoisotopic (exact) mass is 488 g/mol. The van der Waals surface area contributed by atoms with E-state index in [2.05, 4.69) is 32.7 Å². The van der Waals surface area contributed by atoms with Gasteiger partial charge >= 0.3 is 0 Å². The lowest BCUT2D eigenvalue weighted by atomic mass is 10.1. The number of hydrogen-bond acceptors (Lipinski definition) is 8. The standard InChI is InChI=1S/C27H32N6O3/c1-18(2)29-25(34)17-36-23-7-5-6-19(13-23)27-31-24(14-26(32-27)35-11-10-33(3)4)30-22-9-8-20-15-28-16-21(20)12-22/h5-9,12-14,16,18H,10-11,15,17H2,1-4H3,(H,29,34)(H,30,31,32). The quantitative estimate of drug-likeness (QED) is 0.425. The van der Waals surface area contributed by atoms with Crippen molar-refractivity contribution in [3.63, 3.8) is 0 Å². The average molecular weight is 489 g/mol. The molecule has 4 rings (SSSR count). The van der Waals surface area contributed by atoms with Gasteiger partial charge in [0, 0.05) is 36.1 Å². The molecule has 0 bridgehead atoms. The molecule has 3 aromatic rings. The predicted octanol–water partition coefficient (Wildman–Crippen LogP) is 3.66. The van der Waals surface area contributed by atoms with Crippen LogP contribution in [0.5, 0.6) is 11.6 Å². The van der Waals surface area contributed by atoms with Gasteiger partial charge in [0.25, 0.3) is 5.91 Å². The number of nitrogens with one attached hydrogen (secondary N) is 2. The van der Waals surface area contributed by atoms with Gasteiger partial charge in [-0.1, -0.05) is 18.2 Å². The zero-order valence-electron chi connectivity index (χ0n) is 21.1. The molecule has 188 valence electrons. The maximum Gasteiger partial charge on any atom is 0.258 e. The lowest BCUT2D eigenvalue weighted by Crippen LogP contribution is -2.34. The molecular formula is C27H32N6O3. The highest BCUT2D eigenvalue weighted by Crippen LogP contribution is 2.27. The van der Waals surface area contributed by atoms with Crippen LogP contribution >= 0.6 is 0 Å². The molecule has 9 heteroatoms. The van der Waals surface area contributed by atoms with E-state index in [1.54, 1.807) is 12.1 Å². The number of rotatable bonds is 11. The molecule has 1 amide bonds. The maximum absolute atomic E-state index is 12.0. The lowest BCUT2D eigenvalue weighted by molar-refractivity contribution is -0.123. The van der Waals surface area contributed by atoms with Gasteiger partial charge in [0.15, 0.2) is 12.4 Å². The minimum absolute atomic E-state index is 0.0555. The van der Waals surface area contributed by atoms with Gasteiger partial charge in [-0.3, -0.25) is 9.79 Å². The maximum atomic E-state index is 12.0. The summed E-state index contributed by atoms with van der Waals surface area (Å²) < 4.78 is 11.6. The molecule has 0 radical (unpaired) electrons. The van der Waals surface area contributed by atoms with Crippen LogP contribution in [0.3, 0.4) is 0 Å². The van der Waals surface area contributed by atoms with Crippen LogP contribution in [0.25, 0.3) is 11.4 Å². The third-order valence-corrected chi connectivity index (χ3v) is 5.31. The first-order valence-electron chi connectivity index (χ1n) is 11.9. The van der Waals surface area contributed by atoms with Gasteiger partial charge in [-0.25, -0.2) is 4.98 Å². The van der Waals surface area contributed by atoms with Crippen LogP contribution in [0.1, 0.15) is 25.0 Å². The smallest absolute Gasteiger partial charge is 0.258 e. The van der Waals surface area contributed by atoms with Gasteiger partial charge in [0.05, 0.1) is 6.54 Å². The first-order chi connectivity index (χ1) is 17.4. The Kier molecular flexibility index (Phi) is 8.12. The Morgan fingerprint density at radius 3 is 2.75 bits per heavy atom. The highest BCUT2D eigenvalue weighted by atomic mass is 16.5. The summed E-state index contributed by atoms with van der Waals surface area (Å²) in [5.41, 5.74) is 3.96. The number of anilines is 2.